The van der Waals surface area contributed by atoms with E-state index in [1.807, 2.05) is 65.6 Å². The summed E-state index contributed by atoms with van der Waals surface area (Å²) in [5, 5.41) is 2.97. The van der Waals surface area contributed by atoms with Crippen LogP contribution in [0, 0.1) is 5.92 Å². The molecule has 1 aliphatic heterocycles. The first-order valence-corrected chi connectivity index (χ1v) is 10.0. The summed E-state index contributed by atoms with van der Waals surface area (Å²) in [5.74, 6) is 0.178. The molecule has 1 aliphatic rings. The molecule has 0 radical (unpaired) electrons. The number of nitrogens with one attached hydrogen (secondary N) is 1. The van der Waals surface area contributed by atoms with E-state index in [4.69, 9.17) is 5.73 Å². The lowest BCUT2D eigenvalue weighted by atomic mass is 9.95. The topological polar surface area (TPSA) is 75.4 Å². The molecule has 0 spiro atoms. The number of hydrogen-bond acceptors (Lipinski definition) is 3. The second-order valence-electron chi connectivity index (χ2n) is 7.40. The number of aryl methyl sites for hydroxylation is 1. The van der Waals surface area contributed by atoms with Gasteiger partial charge in [0.15, 0.2) is 0 Å². The molecule has 1 saturated heterocycles. The van der Waals surface area contributed by atoms with Gasteiger partial charge in [-0.25, -0.2) is 0 Å². The highest BCUT2D eigenvalue weighted by Gasteiger charge is 2.27. The Bertz CT molecular complexity index is 756. The van der Waals surface area contributed by atoms with Crippen molar-refractivity contribution < 1.29 is 9.59 Å². The number of likely N-dealkylation sites (tertiary alicyclic amines) is 1. The maximum Gasteiger partial charge on any atom is 0.223 e. The SMILES string of the molecule is NC(CNC(=O)C1CCN(C(=O)CCc2ccccc2)CC1)c1ccccc1. The number of carbonyl (C=O) groups excluding carboxylic acids is 2. The maximum absolute atomic E-state index is 12.5. The van der Waals surface area contributed by atoms with E-state index in [-0.39, 0.29) is 23.8 Å². The normalized spacial score (nSPS) is 15.8. The Kier molecular flexibility index (Phi) is 7.20. The maximum atomic E-state index is 12.5. The summed E-state index contributed by atoms with van der Waals surface area (Å²) in [7, 11) is 0. The van der Waals surface area contributed by atoms with Crippen molar-refractivity contribution in [3.8, 4) is 0 Å². The predicted molar refractivity (Wildman–Crippen MR) is 110 cm³/mol. The molecule has 2 amide bonds. The number of amides is 2. The lowest BCUT2D eigenvalue weighted by Crippen LogP contribution is -2.44. The molecule has 0 saturated carbocycles. The number of rotatable bonds is 7. The second-order valence-corrected chi connectivity index (χ2v) is 7.40. The largest absolute Gasteiger partial charge is 0.354 e. The van der Waals surface area contributed by atoms with E-state index in [0.717, 1.165) is 12.0 Å². The van der Waals surface area contributed by atoms with Crippen LogP contribution in [0.4, 0.5) is 0 Å². The van der Waals surface area contributed by atoms with Crippen molar-refractivity contribution in [1.82, 2.24) is 10.2 Å². The second kappa shape index (κ2) is 10.0. The Labute approximate surface area is 166 Å². The van der Waals surface area contributed by atoms with Crippen molar-refractivity contribution in [2.24, 2.45) is 11.7 Å². The van der Waals surface area contributed by atoms with Crippen molar-refractivity contribution in [3.05, 3.63) is 71.8 Å². The third-order valence-electron chi connectivity index (χ3n) is 5.41. The van der Waals surface area contributed by atoms with Crippen LogP contribution < -0.4 is 11.1 Å². The summed E-state index contributed by atoms with van der Waals surface area (Å²) >= 11 is 0. The predicted octanol–water partition coefficient (Wildman–Crippen LogP) is 2.67. The van der Waals surface area contributed by atoms with E-state index in [1.165, 1.54) is 5.56 Å². The van der Waals surface area contributed by atoms with Gasteiger partial charge in [-0.3, -0.25) is 9.59 Å². The zero-order valence-electron chi connectivity index (χ0n) is 16.2. The van der Waals surface area contributed by atoms with Crippen LogP contribution in [-0.2, 0) is 16.0 Å². The van der Waals surface area contributed by atoms with Crippen molar-refractivity contribution in [2.45, 2.75) is 31.7 Å². The summed E-state index contributed by atoms with van der Waals surface area (Å²) in [6.07, 6.45) is 2.71. The molecule has 0 aliphatic carbocycles. The molecule has 2 aromatic rings. The lowest BCUT2D eigenvalue weighted by molar-refractivity contribution is -0.135. The molecular weight excluding hydrogens is 350 g/mol. The fourth-order valence-corrected chi connectivity index (χ4v) is 3.62. The zero-order valence-corrected chi connectivity index (χ0v) is 16.2. The number of hydrogen-bond donors (Lipinski definition) is 2. The molecule has 5 nitrogen and oxygen atoms in total. The van der Waals surface area contributed by atoms with Crippen LogP contribution in [0.5, 0.6) is 0 Å². The summed E-state index contributed by atoms with van der Waals surface area (Å²) in [4.78, 5) is 26.8. The van der Waals surface area contributed by atoms with Crippen LogP contribution >= 0.6 is 0 Å². The summed E-state index contributed by atoms with van der Waals surface area (Å²) in [6.45, 7) is 1.73. The molecule has 0 bridgehead atoms. The minimum Gasteiger partial charge on any atom is -0.354 e. The number of piperidine rings is 1. The average Bonchev–Trinajstić information content (AvgIpc) is 2.77. The first-order chi connectivity index (χ1) is 13.6. The van der Waals surface area contributed by atoms with E-state index < -0.39 is 0 Å². The molecule has 3 rings (SSSR count). The minimum atomic E-state index is -0.204. The van der Waals surface area contributed by atoms with Gasteiger partial charge in [-0.15, -0.1) is 0 Å². The fraction of sp³-hybridized carbons (Fsp3) is 0.391. The fourth-order valence-electron chi connectivity index (χ4n) is 3.62. The Balaban J connectivity index is 1.38. The number of nitrogens with zero attached hydrogens (tertiary/aromatic N) is 1. The monoisotopic (exact) mass is 379 g/mol. The van der Waals surface area contributed by atoms with E-state index >= 15 is 0 Å². The quantitative estimate of drug-likeness (QED) is 0.777. The minimum absolute atomic E-state index is 0.0406. The van der Waals surface area contributed by atoms with Crippen LogP contribution in [-0.4, -0.2) is 36.3 Å². The van der Waals surface area contributed by atoms with Gasteiger partial charge >= 0.3 is 0 Å². The van der Waals surface area contributed by atoms with Gasteiger partial charge in [0.1, 0.15) is 0 Å². The highest BCUT2D eigenvalue weighted by atomic mass is 16.2. The first kappa shape index (κ1) is 20.1. The zero-order chi connectivity index (χ0) is 19.8. The van der Waals surface area contributed by atoms with Gasteiger partial charge < -0.3 is 16.0 Å². The smallest absolute Gasteiger partial charge is 0.223 e. The Hall–Kier alpha value is -2.66. The van der Waals surface area contributed by atoms with Gasteiger partial charge in [-0.05, 0) is 30.4 Å². The van der Waals surface area contributed by atoms with Gasteiger partial charge in [0.25, 0.3) is 0 Å². The van der Waals surface area contributed by atoms with Crippen molar-refractivity contribution in [1.29, 1.82) is 0 Å². The molecule has 1 atom stereocenters. The molecule has 3 N–H and O–H groups in total. The van der Waals surface area contributed by atoms with E-state index in [2.05, 4.69) is 5.32 Å². The van der Waals surface area contributed by atoms with Crippen molar-refractivity contribution in [3.63, 3.8) is 0 Å². The van der Waals surface area contributed by atoms with Crippen molar-refractivity contribution in [2.75, 3.05) is 19.6 Å². The summed E-state index contributed by atoms with van der Waals surface area (Å²) in [5.41, 5.74) is 8.34. The highest BCUT2D eigenvalue weighted by molar-refractivity contribution is 5.80. The van der Waals surface area contributed by atoms with Crippen LogP contribution in [0.1, 0.15) is 36.4 Å². The molecule has 148 valence electrons. The molecule has 28 heavy (non-hydrogen) atoms. The van der Waals surface area contributed by atoms with E-state index in [9.17, 15) is 9.59 Å². The van der Waals surface area contributed by atoms with Gasteiger partial charge in [-0.2, -0.15) is 0 Å². The molecular formula is C23H29N3O2. The first-order valence-electron chi connectivity index (χ1n) is 10.0. The van der Waals surface area contributed by atoms with Gasteiger partial charge in [0.05, 0.1) is 0 Å². The summed E-state index contributed by atoms with van der Waals surface area (Å²) < 4.78 is 0. The van der Waals surface area contributed by atoms with Crippen LogP contribution in [0.3, 0.4) is 0 Å². The lowest BCUT2D eigenvalue weighted by Gasteiger charge is -2.31. The molecule has 5 heteroatoms. The molecule has 1 unspecified atom stereocenters. The number of carbonyl (C=O) groups is 2. The molecule has 0 aromatic heterocycles. The van der Waals surface area contributed by atoms with Crippen LogP contribution in [0.25, 0.3) is 0 Å². The van der Waals surface area contributed by atoms with E-state index in [1.54, 1.807) is 0 Å². The third kappa shape index (κ3) is 5.67. The van der Waals surface area contributed by atoms with Crippen LogP contribution in [0.15, 0.2) is 60.7 Å². The number of nitrogens with two attached hydrogens (primary N) is 1. The Morgan fingerprint density at radius 3 is 2.25 bits per heavy atom. The average molecular weight is 380 g/mol. The standard InChI is InChI=1S/C23H29N3O2/c24-21(19-9-5-2-6-10-19)17-25-23(28)20-13-15-26(16-14-20)22(27)12-11-18-7-3-1-4-8-18/h1-10,20-21H,11-17,24H2,(H,25,28). The van der Waals surface area contributed by atoms with Gasteiger partial charge in [0, 0.05) is 38.0 Å². The van der Waals surface area contributed by atoms with Crippen molar-refractivity contribution >= 4 is 11.8 Å². The molecule has 1 fully saturated rings. The third-order valence-corrected chi connectivity index (χ3v) is 5.41. The number of benzene rings is 2. The molecule has 2 aromatic carbocycles. The van der Waals surface area contributed by atoms with Gasteiger partial charge in [0.2, 0.25) is 11.8 Å². The van der Waals surface area contributed by atoms with Crippen LogP contribution in [0.2, 0.25) is 0 Å². The molecule has 1 heterocycles. The Morgan fingerprint density at radius 1 is 1.00 bits per heavy atom. The van der Waals surface area contributed by atoms with E-state index in [0.29, 0.717) is 38.9 Å². The summed E-state index contributed by atoms with van der Waals surface area (Å²) in [6, 6.07) is 19.6. The Morgan fingerprint density at radius 2 is 1.61 bits per heavy atom. The highest BCUT2D eigenvalue weighted by Crippen LogP contribution is 2.19. The van der Waals surface area contributed by atoms with Gasteiger partial charge in [-0.1, -0.05) is 60.7 Å².